The molecule has 0 bridgehead atoms. The zero-order valence-electron chi connectivity index (χ0n) is 19.1. The molecule has 2 aromatic rings. The molecule has 0 unspecified atom stereocenters. The molecule has 1 fully saturated rings. The van der Waals surface area contributed by atoms with Crippen LogP contribution < -0.4 is 15.0 Å². The first-order valence-corrected chi connectivity index (χ1v) is 11.1. The Morgan fingerprint density at radius 1 is 0.939 bits per heavy atom. The van der Waals surface area contributed by atoms with Crippen molar-refractivity contribution in [2.24, 2.45) is 0 Å². The van der Waals surface area contributed by atoms with E-state index in [1.54, 1.807) is 38.3 Å². The van der Waals surface area contributed by atoms with Crippen LogP contribution in [0.25, 0.3) is 5.57 Å². The van der Waals surface area contributed by atoms with Gasteiger partial charge in [0, 0.05) is 45.3 Å². The first-order chi connectivity index (χ1) is 15.9. The van der Waals surface area contributed by atoms with Crippen LogP contribution in [-0.4, -0.2) is 67.4 Å². The van der Waals surface area contributed by atoms with Crippen molar-refractivity contribution in [2.75, 3.05) is 50.1 Å². The number of likely N-dealkylation sites (N-methyl/N-ethyl adjacent to an activating group) is 1. The molecular formula is C25H28N4O4. The van der Waals surface area contributed by atoms with Gasteiger partial charge in [-0.3, -0.25) is 19.3 Å². The Morgan fingerprint density at radius 2 is 1.58 bits per heavy atom. The van der Waals surface area contributed by atoms with Crippen molar-refractivity contribution >= 4 is 34.7 Å². The first-order valence-electron chi connectivity index (χ1n) is 11.1. The Kier molecular flexibility index (Phi) is 6.35. The number of amides is 3. The number of carbonyl (C=O) groups is 3. The number of nitrogens with zero attached hydrogens (tertiary/aromatic N) is 3. The maximum Gasteiger partial charge on any atom is 0.277 e. The monoisotopic (exact) mass is 448 g/mol. The number of imide groups is 1. The molecule has 172 valence electrons. The number of carbonyl (C=O) groups excluding carboxylic acids is 3. The normalized spacial score (nSPS) is 16.5. The zero-order valence-corrected chi connectivity index (χ0v) is 19.1. The van der Waals surface area contributed by atoms with Crippen LogP contribution in [0.3, 0.4) is 0 Å². The Bertz CT molecular complexity index is 1100. The third-order valence-corrected chi connectivity index (χ3v) is 5.98. The maximum atomic E-state index is 13.2. The molecule has 8 heteroatoms. The van der Waals surface area contributed by atoms with E-state index in [0.717, 1.165) is 11.4 Å². The van der Waals surface area contributed by atoms with E-state index >= 15 is 0 Å². The largest absolute Gasteiger partial charge is 0.495 e. The van der Waals surface area contributed by atoms with Crippen molar-refractivity contribution in [3.63, 3.8) is 0 Å². The highest BCUT2D eigenvalue weighted by Gasteiger charge is 2.41. The van der Waals surface area contributed by atoms with Crippen molar-refractivity contribution in [3.8, 4) is 5.75 Å². The van der Waals surface area contributed by atoms with Crippen LogP contribution >= 0.6 is 0 Å². The smallest absolute Gasteiger partial charge is 0.277 e. The van der Waals surface area contributed by atoms with E-state index in [4.69, 9.17) is 4.74 Å². The van der Waals surface area contributed by atoms with Gasteiger partial charge in [0.05, 0.1) is 18.4 Å². The van der Waals surface area contributed by atoms with Crippen molar-refractivity contribution < 1.29 is 19.1 Å². The lowest BCUT2D eigenvalue weighted by Crippen LogP contribution is -2.47. The van der Waals surface area contributed by atoms with Gasteiger partial charge >= 0.3 is 0 Å². The Morgan fingerprint density at radius 3 is 2.18 bits per heavy atom. The van der Waals surface area contributed by atoms with Gasteiger partial charge in [0.25, 0.3) is 11.8 Å². The Labute approximate surface area is 193 Å². The molecule has 0 aliphatic carbocycles. The van der Waals surface area contributed by atoms with Crippen molar-refractivity contribution in [1.29, 1.82) is 0 Å². The highest BCUT2D eigenvalue weighted by molar-refractivity contribution is 6.35. The number of nitrogens with one attached hydrogen (secondary N) is 1. The third-order valence-electron chi connectivity index (χ3n) is 5.98. The molecule has 2 heterocycles. The molecule has 0 aromatic heterocycles. The van der Waals surface area contributed by atoms with Gasteiger partial charge in [-0.25, -0.2) is 0 Å². The highest BCUT2D eigenvalue weighted by atomic mass is 16.5. The van der Waals surface area contributed by atoms with Gasteiger partial charge in [0.15, 0.2) is 0 Å². The molecule has 33 heavy (non-hydrogen) atoms. The van der Waals surface area contributed by atoms with E-state index in [1.807, 2.05) is 29.2 Å². The number of para-hydroxylation sites is 2. The van der Waals surface area contributed by atoms with Crippen molar-refractivity contribution in [2.45, 2.75) is 13.8 Å². The number of benzene rings is 2. The summed E-state index contributed by atoms with van der Waals surface area (Å²) >= 11 is 0. The molecular weight excluding hydrogens is 420 g/mol. The van der Waals surface area contributed by atoms with Crippen LogP contribution in [0.15, 0.2) is 54.2 Å². The maximum absolute atomic E-state index is 13.2. The summed E-state index contributed by atoms with van der Waals surface area (Å²) < 4.78 is 5.50. The highest BCUT2D eigenvalue weighted by Crippen LogP contribution is 2.34. The van der Waals surface area contributed by atoms with E-state index in [2.05, 4.69) is 10.2 Å². The first kappa shape index (κ1) is 22.4. The van der Waals surface area contributed by atoms with Crippen LogP contribution in [0, 0.1) is 0 Å². The van der Waals surface area contributed by atoms with Gasteiger partial charge in [-0.2, -0.15) is 0 Å². The molecule has 4 rings (SSSR count). The third kappa shape index (κ3) is 4.28. The Hall–Kier alpha value is -3.81. The molecule has 0 spiro atoms. The minimum Gasteiger partial charge on any atom is -0.495 e. The van der Waals surface area contributed by atoms with Gasteiger partial charge in [-0.05, 0) is 36.8 Å². The number of anilines is 2. The molecule has 1 saturated heterocycles. The summed E-state index contributed by atoms with van der Waals surface area (Å²) in [6, 6.07) is 14.9. The van der Waals surface area contributed by atoms with Gasteiger partial charge < -0.3 is 19.9 Å². The molecule has 0 radical (unpaired) electrons. The summed E-state index contributed by atoms with van der Waals surface area (Å²) in [6.07, 6.45) is 0. The topological polar surface area (TPSA) is 82.2 Å². The number of rotatable bonds is 6. The fraction of sp³-hybridized carbons (Fsp3) is 0.320. The standard InChI is InChI=1S/C25H28N4O4/c1-4-29-24(31)22(18-9-11-19(12-10-18)26-17(2)30)23(25(29)32)28-15-13-27(14-16-28)20-7-5-6-8-21(20)33-3/h5-12H,4,13-16H2,1-3H3,(H,26,30). The molecule has 3 amide bonds. The average molecular weight is 449 g/mol. The fourth-order valence-electron chi connectivity index (χ4n) is 4.39. The summed E-state index contributed by atoms with van der Waals surface area (Å²) in [5.41, 5.74) is 3.20. The lowest BCUT2D eigenvalue weighted by molar-refractivity contribution is -0.137. The second-order valence-corrected chi connectivity index (χ2v) is 7.98. The predicted molar refractivity (Wildman–Crippen MR) is 127 cm³/mol. The molecule has 2 aromatic carbocycles. The quantitative estimate of drug-likeness (QED) is 0.684. The van der Waals surface area contributed by atoms with Crippen LogP contribution in [0.1, 0.15) is 19.4 Å². The molecule has 0 saturated carbocycles. The van der Waals surface area contributed by atoms with Crippen LogP contribution in [-0.2, 0) is 14.4 Å². The number of hydrogen-bond donors (Lipinski definition) is 1. The number of piperazine rings is 1. The van der Waals surface area contributed by atoms with E-state index in [-0.39, 0.29) is 17.7 Å². The second-order valence-electron chi connectivity index (χ2n) is 7.98. The fourth-order valence-corrected chi connectivity index (χ4v) is 4.39. The predicted octanol–water partition coefficient (Wildman–Crippen LogP) is 2.58. The van der Waals surface area contributed by atoms with Crippen LogP contribution in [0.5, 0.6) is 5.75 Å². The lowest BCUT2D eigenvalue weighted by atomic mass is 10.0. The minimum atomic E-state index is -0.281. The van der Waals surface area contributed by atoms with Gasteiger partial charge in [0.2, 0.25) is 5.91 Å². The van der Waals surface area contributed by atoms with Gasteiger partial charge in [0.1, 0.15) is 11.4 Å². The summed E-state index contributed by atoms with van der Waals surface area (Å²) in [7, 11) is 1.66. The van der Waals surface area contributed by atoms with Crippen LogP contribution in [0.4, 0.5) is 11.4 Å². The summed E-state index contributed by atoms with van der Waals surface area (Å²) in [6.45, 7) is 6.18. The number of hydrogen-bond acceptors (Lipinski definition) is 6. The molecule has 0 atom stereocenters. The van der Waals surface area contributed by atoms with E-state index in [1.165, 1.54) is 11.8 Å². The lowest BCUT2D eigenvalue weighted by Gasteiger charge is -2.38. The van der Waals surface area contributed by atoms with Gasteiger partial charge in [-0.15, -0.1) is 0 Å². The second kappa shape index (κ2) is 9.36. The van der Waals surface area contributed by atoms with E-state index in [0.29, 0.717) is 55.2 Å². The molecule has 8 nitrogen and oxygen atoms in total. The summed E-state index contributed by atoms with van der Waals surface area (Å²) in [4.78, 5) is 43.2. The van der Waals surface area contributed by atoms with Gasteiger partial charge in [-0.1, -0.05) is 24.3 Å². The molecule has 2 aliphatic heterocycles. The number of ether oxygens (including phenoxy) is 1. The Balaban J connectivity index is 1.62. The van der Waals surface area contributed by atoms with Crippen molar-refractivity contribution in [3.05, 3.63) is 59.8 Å². The SMILES string of the molecule is CCN1C(=O)C(c2ccc(NC(C)=O)cc2)=C(N2CCN(c3ccccc3OC)CC2)C1=O. The van der Waals surface area contributed by atoms with Crippen LogP contribution in [0.2, 0.25) is 0 Å². The van der Waals surface area contributed by atoms with E-state index in [9.17, 15) is 14.4 Å². The minimum absolute atomic E-state index is 0.167. The zero-order chi connectivity index (χ0) is 23.5. The molecule has 1 N–H and O–H groups in total. The molecule has 2 aliphatic rings. The average Bonchev–Trinajstić information content (AvgIpc) is 3.08. The number of methoxy groups -OCH3 is 1. The summed E-state index contributed by atoms with van der Waals surface area (Å²) in [5.74, 6) is 0.111. The van der Waals surface area contributed by atoms with E-state index < -0.39 is 0 Å². The summed E-state index contributed by atoms with van der Waals surface area (Å²) in [5, 5.41) is 2.72. The van der Waals surface area contributed by atoms with Crippen molar-refractivity contribution in [1.82, 2.24) is 9.80 Å².